The van der Waals surface area contributed by atoms with Gasteiger partial charge in [-0.05, 0) is 13.8 Å². The zero-order valence-corrected chi connectivity index (χ0v) is 5.96. The summed E-state index contributed by atoms with van der Waals surface area (Å²) in [6, 6.07) is 0.0107. The van der Waals surface area contributed by atoms with Crippen LogP contribution in [0.1, 0.15) is 13.8 Å². The minimum atomic E-state index is 0.0107. The average Bonchev–Trinajstić information content (AvgIpc) is 1.82. The highest BCUT2D eigenvalue weighted by atomic mass is 16.3. The van der Waals surface area contributed by atoms with Crippen molar-refractivity contribution in [2.45, 2.75) is 19.9 Å². The van der Waals surface area contributed by atoms with Gasteiger partial charge in [0.05, 0.1) is 13.2 Å². The Bertz CT molecular complexity index is 99.2. The highest BCUT2D eigenvalue weighted by molar-refractivity contribution is 5.86. The third-order valence-electron chi connectivity index (χ3n) is 1.12. The predicted octanol–water partition coefficient (Wildman–Crippen LogP) is -0.213. The van der Waals surface area contributed by atoms with Crippen LogP contribution in [-0.4, -0.2) is 30.0 Å². The number of hydrogen-bond acceptors (Lipinski definition) is 3. The van der Waals surface area contributed by atoms with Gasteiger partial charge in [0.2, 0.25) is 0 Å². The van der Waals surface area contributed by atoms with E-state index in [0.717, 1.165) is 5.71 Å². The fourth-order valence-electron chi connectivity index (χ4n) is 0.370. The molecule has 3 heteroatoms. The van der Waals surface area contributed by atoms with Crippen molar-refractivity contribution in [1.82, 2.24) is 0 Å². The summed E-state index contributed by atoms with van der Waals surface area (Å²) in [5.41, 5.74) is 6.36. The fraction of sp³-hybridized carbons (Fsp3) is 0.833. The van der Waals surface area contributed by atoms with Crippen LogP contribution in [-0.2, 0) is 0 Å². The van der Waals surface area contributed by atoms with Crippen LogP contribution in [0, 0.1) is 0 Å². The van der Waals surface area contributed by atoms with Gasteiger partial charge >= 0.3 is 0 Å². The lowest BCUT2D eigenvalue weighted by molar-refractivity contribution is 0.306. The fourth-order valence-corrected chi connectivity index (χ4v) is 0.370. The highest BCUT2D eigenvalue weighted by Gasteiger charge is 1.94. The predicted molar refractivity (Wildman–Crippen MR) is 38.7 cm³/mol. The molecule has 0 amide bonds. The lowest BCUT2D eigenvalue weighted by Gasteiger charge is -2.02. The molecule has 0 aromatic rings. The van der Waals surface area contributed by atoms with E-state index in [1.165, 1.54) is 0 Å². The Morgan fingerprint density at radius 1 is 1.78 bits per heavy atom. The zero-order chi connectivity index (χ0) is 7.28. The Balaban J connectivity index is 3.55. The van der Waals surface area contributed by atoms with E-state index in [4.69, 9.17) is 10.8 Å². The van der Waals surface area contributed by atoms with Crippen LogP contribution < -0.4 is 5.73 Å². The molecule has 0 fully saturated rings. The van der Waals surface area contributed by atoms with Crippen molar-refractivity contribution < 1.29 is 5.11 Å². The van der Waals surface area contributed by atoms with Gasteiger partial charge in [-0.25, -0.2) is 0 Å². The molecule has 1 unspecified atom stereocenters. The van der Waals surface area contributed by atoms with E-state index in [0.29, 0.717) is 6.54 Å². The summed E-state index contributed by atoms with van der Waals surface area (Å²) < 4.78 is 0. The lowest BCUT2D eigenvalue weighted by Crippen LogP contribution is -2.24. The average molecular weight is 130 g/mol. The van der Waals surface area contributed by atoms with E-state index in [1.54, 1.807) is 0 Å². The second-order valence-corrected chi connectivity index (χ2v) is 2.04. The molecule has 9 heavy (non-hydrogen) atoms. The Hall–Kier alpha value is -0.410. The zero-order valence-electron chi connectivity index (χ0n) is 5.96. The van der Waals surface area contributed by atoms with Crippen molar-refractivity contribution in [3.63, 3.8) is 0 Å². The SMILES string of the molecule is CC(=NCCO)C(C)N. The Kier molecular flexibility index (Phi) is 4.26. The van der Waals surface area contributed by atoms with Crippen molar-refractivity contribution in [3.8, 4) is 0 Å². The molecule has 0 radical (unpaired) electrons. The van der Waals surface area contributed by atoms with Crippen molar-refractivity contribution in [2.75, 3.05) is 13.2 Å². The topological polar surface area (TPSA) is 58.6 Å². The second-order valence-electron chi connectivity index (χ2n) is 2.04. The molecule has 0 aliphatic rings. The largest absolute Gasteiger partial charge is 0.394 e. The molecule has 0 saturated heterocycles. The van der Waals surface area contributed by atoms with E-state index in [9.17, 15) is 0 Å². The summed E-state index contributed by atoms with van der Waals surface area (Å²) in [4.78, 5) is 3.98. The first-order valence-electron chi connectivity index (χ1n) is 3.06. The molecule has 0 aromatic carbocycles. The quantitative estimate of drug-likeness (QED) is 0.519. The number of aliphatic hydroxyl groups is 1. The van der Waals surface area contributed by atoms with E-state index in [-0.39, 0.29) is 12.6 Å². The number of aliphatic imine (C=N–C) groups is 1. The van der Waals surface area contributed by atoms with Crippen LogP contribution in [0.15, 0.2) is 4.99 Å². The van der Waals surface area contributed by atoms with Gasteiger partial charge in [-0.3, -0.25) is 4.99 Å². The van der Waals surface area contributed by atoms with Gasteiger partial charge in [0.15, 0.2) is 0 Å². The van der Waals surface area contributed by atoms with Gasteiger partial charge in [0, 0.05) is 11.8 Å². The first kappa shape index (κ1) is 8.59. The monoisotopic (exact) mass is 130 g/mol. The minimum absolute atomic E-state index is 0.0107. The molecule has 54 valence electrons. The van der Waals surface area contributed by atoms with Gasteiger partial charge in [-0.15, -0.1) is 0 Å². The maximum Gasteiger partial charge on any atom is 0.0626 e. The van der Waals surface area contributed by atoms with Gasteiger partial charge < -0.3 is 10.8 Å². The van der Waals surface area contributed by atoms with Gasteiger partial charge in [0.25, 0.3) is 0 Å². The van der Waals surface area contributed by atoms with Gasteiger partial charge in [-0.1, -0.05) is 0 Å². The molecule has 0 saturated carbocycles. The molecule has 1 atom stereocenters. The van der Waals surface area contributed by atoms with Gasteiger partial charge in [0.1, 0.15) is 0 Å². The normalized spacial score (nSPS) is 15.8. The summed E-state index contributed by atoms with van der Waals surface area (Å²) in [7, 11) is 0. The summed E-state index contributed by atoms with van der Waals surface area (Å²) in [5.74, 6) is 0. The lowest BCUT2D eigenvalue weighted by atomic mass is 10.2. The minimum Gasteiger partial charge on any atom is -0.394 e. The summed E-state index contributed by atoms with van der Waals surface area (Å²) in [5, 5.41) is 8.35. The molecular formula is C6H14N2O. The third kappa shape index (κ3) is 4.12. The van der Waals surface area contributed by atoms with E-state index >= 15 is 0 Å². The molecule has 0 aliphatic carbocycles. The maximum atomic E-state index is 8.35. The molecule has 0 heterocycles. The summed E-state index contributed by atoms with van der Waals surface area (Å²) in [6.45, 7) is 4.30. The molecule has 0 rings (SSSR count). The molecule has 3 nitrogen and oxygen atoms in total. The van der Waals surface area contributed by atoms with Crippen LogP contribution >= 0.6 is 0 Å². The van der Waals surface area contributed by atoms with Crippen LogP contribution in [0.2, 0.25) is 0 Å². The first-order valence-corrected chi connectivity index (χ1v) is 3.06. The van der Waals surface area contributed by atoms with Gasteiger partial charge in [-0.2, -0.15) is 0 Å². The number of nitrogens with two attached hydrogens (primary N) is 1. The van der Waals surface area contributed by atoms with E-state index in [2.05, 4.69) is 4.99 Å². The Labute approximate surface area is 55.6 Å². The molecule has 0 bridgehead atoms. The third-order valence-corrected chi connectivity index (χ3v) is 1.12. The van der Waals surface area contributed by atoms with Crippen LogP contribution in [0.5, 0.6) is 0 Å². The highest BCUT2D eigenvalue weighted by Crippen LogP contribution is 1.82. The number of nitrogens with zero attached hydrogens (tertiary/aromatic N) is 1. The summed E-state index contributed by atoms with van der Waals surface area (Å²) >= 11 is 0. The molecular weight excluding hydrogens is 116 g/mol. The van der Waals surface area contributed by atoms with Crippen molar-refractivity contribution in [2.24, 2.45) is 10.7 Å². The van der Waals surface area contributed by atoms with Crippen LogP contribution in [0.3, 0.4) is 0 Å². The molecule has 0 spiro atoms. The Morgan fingerprint density at radius 2 is 2.33 bits per heavy atom. The maximum absolute atomic E-state index is 8.35. The number of aliphatic hydroxyl groups excluding tert-OH is 1. The second kappa shape index (κ2) is 4.47. The van der Waals surface area contributed by atoms with Crippen molar-refractivity contribution in [3.05, 3.63) is 0 Å². The Morgan fingerprint density at radius 3 is 2.67 bits per heavy atom. The smallest absolute Gasteiger partial charge is 0.0626 e. The van der Waals surface area contributed by atoms with Crippen LogP contribution in [0.25, 0.3) is 0 Å². The molecule has 3 N–H and O–H groups in total. The summed E-state index contributed by atoms with van der Waals surface area (Å²) in [6.07, 6.45) is 0. The number of rotatable bonds is 3. The molecule has 0 aromatic heterocycles. The van der Waals surface area contributed by atoms with E-state index < -0.39 is 0 Å². The molecule has 0 aliphatic heterocycles. The standard InChI is InChI=1S/C6H14N2O/c1-5(7)6(2)8-3-4-9/h5,9H,3-4,7H2,1-2H3. The van der Waals surface area contributed by atoms with Crippen molar-refractivity contribution in [1.29, 1.82) is 0 Å². The number of hydrogen-bond donors (Lipinski definition) is 2. The van der Waals surface area contributed by atoms with E-state index in [1.807, 2.05) is 13.8 Å². The van der Waals surface area contributed by atoms with Crippen LogP contribution in [0.4, 0.5) is 0 Å². The van der Waals surface area contributed by atoms with Crippen molar-refractivity contribution >= 4 is 5.71 Å². The first-order chi connectivity index (χ1) is 4.18.